The summed E-state index contributed by atoms with van der Waals surface area (Å²) in [6.07, 6.45) is 12.4. The maximum atomic E-state index is 12.7. The standard InChI is InChI=1S/C23H36N4O4S.C23H35N3O4S.C6H4ClN3/c1-5-27(22(29)31-23(2,3)4)13-8-14-32(24,30)26-21(28)25-20-18-11-6-9-16(18)15-17-10-7-12-19(17)20;1-5-26(22(28)30-23(2,3)4)13-8-14-31(29)25-21(27)24-20-18-11-6-9-16(18)15-17-10-7-12-19(17)20;7-10-6-4-2-1-3-5(6)8-9-10/h15H,5-14H2,1-4H3,(H3,24,25,26,28,30);15H,5-14H2,1-4H3,(H2,24,25,27);1-4H. The number of carbonyl (C=O) groups is 4. The molecule has 0 radical (unpaired) electrons. The number of benzene rings is 3. The molecule has 0 saturated heterocycles. The van der Waals surface area contributed by atoms with Gasteiger partial charge in [0.2, 0.25) is 0 Å². The zero-order chi connectivity index (χ0) is 53.1. The van der Waals surface area contributed by atoms with E-state index in [1.807, 2.05) is 58.9 Å². The van der Waals surface area contributed by atoms with Gasteiger partial charge in [-0.15, -0.1) is 5.10 Å². The number of anilines is 2. The van der Waals surface area contributed by atoms with Crippen LogP contribution in [0.3, 0.4) is 0 Å². The van der Waals surface area contributed by atoms with Crippen molar-refractivity contribution in [2.45, 2.75) is 156 Å². The number of halogens is 1. The monoisotopic (exact) mass is 1070 g/mol. The summed E-state index contributed by atoms with van der Waals surface area (Å²) in [6, 6.07) is 11.1. The second kappa shape index (κ2) is 25.2. The van der Waals surface area contributed by atoms with Gasteiger partial charge in [-0.1, -0.05) is 24.3 Å². The second-order valence-electron chi connectivity index (χ2n) is 20.8. The number of para-hydroxylation sites is 1. The molecule has 0 saturated carbocycles. The first-order chi connectivity index (χ1) is 34.5. The lowest BCUT2D eigenvalue weighted by Crippen LogP contribution is -2.39. The van der Waals surface area contributed by atoms with Gasteiger partial charge in [-0.25, -0.2) is 32.4 Å². The molecule has 400 valence electrons. The summed E-state index contributed by atoms with van der Waals surface area (Å²) >= 11 is 5.62. The Morgan fingerprint density at radius 3 is 1.59 bits per heavy atom. The zero-order valence-corrected chi connectivity index (χ0v) is 46.2. The number of urea groups is 2. The quantitative estimate of drug-likeness (QED) is 0.0802. The minimum Gasteiger partial charge on any atom is -0.444 e. The van der Waals surface area contributed by atoms with Crippen LogP contribution in [0.15, 0.2) is 36.4 Å². The minimum absolute atomic E-state index is 0.0370. The van der Waals surface area contributed by atoms with Crippen LogP contribution >= 0.6 is 11.8 Å². The molecule has 4 aromatic rings. The Morgan fingerprint density at radius 2 is 1.15 bits per heavy atom. The molecule has 0 spiro atoms. The highest BCUT2D eigenvalue weighted by Gasteiger charge is 2.28. The number of hydrogen-bond donors (Lipinski definition) is 5. The normalized spacial score (nSPS) is 15.4. The van der Waals surface area contributed by atoms with Gasteiger partial charge in [0.05, 0.1) is 5.75 Å². The van der Waals surface area contributed by atoms with Gasteiger partial charge in [0, 0.05) is 55.1 Å². The summed E-state index contributed by atoms with van der Waals surface area (Å²) in [5, 5.41) is 13.3. The highest BCUT2D eigenvalue weighted by molar-refractivity contribution is 7.91. The van der Waals surface area contributed by atoms with Crippen LogP contribution in [0.2, 0.25) is 0 Å². The third kappa shape index (κ3) is 16.3. The number of amides is 6. The van der Waals surface area contributed by atoms with E-state index in [1.165, 1.54) is 53.6 Å². The molecule has 6 amide bonds. The van der Waals surface area contributed by atoms with Crippen LogP contribution in [-0.2, 0) is 81.7 Å². The molecule has 1 heterocycles. The summed E-state index contributed by atoms with van der Waals surface area (Å²) in [5.41, 5.74) is 12.5. The fourth-order valence-corrected chi connectivity index (χ4v) is 11.6. The molecule has 4 aliphatic rings. The van der Waals surface area contributed by atoms with E-state index >= 15 is 0 Å². The van der Waals surface area contributed by atoms with Crippen molar-refractivity contribution in [3.8, 4) is 0 Å². The highest BCUT2D eigenvalue weighted by Crippen LogP contribution is 2.40. The van der Waals surface area contributed by atoms with E-state index in [1.54, 1.807) is 25.7 Å². The van der Waals surface area contributed by atoms with E-state index < -0.39 is 50.3 Å². The number of hydrogen-bond acceptors (Lipinski definition) is 11. The van der Waals surface area contributed by atoms with Gasteiger partial charge in [0.1, 0.15) is 43.1 Å². The summed E-state index contributed by atoms with van der Waals surface area (Å²) in [7, 11) is -4.85. The van der Waals surface area contributed by atoms with Crippen LogP contribution in [0.5, 0.6) is 0 Å². The number of carbonyl (C=O) groups excluding carboxylic acids is 4. The number of fused-ring (bicyclic) bond motifs is 5. The summed E-state index contributed by atoms with van der Waals surface area (Å²) in [5.74, 6) is 0.239. The minimum atomic E-state index is -3.33. The van der Waals surface area contributed by atoms with Gasteiger partial charge < -0.3 is 29.9 Å². The van der Waals surface area contributed by atoms with Gasteiger partial charge in [0.15, 0.2) is 0 Å². The molecule has 4 aliphatic carbocycles. The predicted octanol–water partition coefficient (Wildman–Crippen LogP) is 9.92. The van der Waals surface area contributed by atoms with Crippen LogP contribution in [0, 0.1) is 4.78 Å². The molecular formula is C52H75ClN10O8S2. The van der Waals surface area contributed by atoms with E-state index in [4.69, 9.17) is 26.0 Å². The number of ether oxygens (including phenoxy) is 2. The van der Waals surface area contributed by atoms with Gasteiger partial charge in [-0.05, 0) is 207 Å². The van der Waals surface area contributed by atoms with Gasteiger partial charge in [-0.2, -0.15) is 4.20 Å². The van der Waals surface area contributed by atoms with Crippen molar-refractivity contribution < 1.29 is 37.1 Å². The number of rotatable bonds is 14. The molecule has 18 nitrogen and oxygen atoms in total. The van der Waals surface area contributed by atoms with Gasteiger partial charge in [0.25, 0.3) is 0 Å². The summed E-state index contributed by atoms with van der Waals surface area (Å²) in [6.45, 7) is 16.3. The Labute approximate surface area is 438 Å². The third-order valence-electron chi connectivity index (χ3n) is 12.9. The molecule has 0 aliphatic heterocycles. The molecule has 5 N–H and O–H groups in total. The molecule has 2 unspecified atom stereocenters. The zero-order valence-electron chi connectivity index (χ0n) is 43.8. The van der Waals surface area contributed by atoms with Crippen LogP contribution in [0.4, 0.5) is 30.6 Å². The van der Waals surface area contributed by atoms with Crippen LogP contribution < -0.4 is 20.1 Å². The van der Waals surface area contributed by atoms with Crippen LogP contribution in [0.25, 0.3) is 11.0 Å². The first-order valence-corrected chi connectivity index (χ1v) is 29.0. The molecule has 2 atom stereocenters. The van der Waals surface area contributed by atoms with Gasteiger partial charge >= 0.3 is 24.2 Å². The van der Waals surface area contributed by atoms with Crippen molar-refractivity contribution >= 4 is 79.3 Å². The molecule has 73 heavy (non-hydrogen) atoms. The Balaban J connectivity index is 0.000000199. The lowest BCUT2D eigenvalue weighted by Gasteiger charge is -2.26. The molecule has 8 rings (SSSR count). The van der Waals surface area contributed by atoms with E-state index in [0.29, 0.717) is 39.0 Å². The van der Waals surface area contributed by atoms with Crippen molar-refractivity contribution in [2.24, 2.45) is 0 Å². The van der Waals surface area contributed by atoms with Crippen molar-refractivity contribution in [1.82, 2.24) is 33.8 Å². The Kier molecular flexibility index (Phi) is 19.6. The predicted molar refractivity (Wildman–Crippen MR) is 289 cm³/mol. The van der Waals surface area contributed by atoms with Gasteiger partial charge in [-0.3, -0.25) is 9.44 Å². The first-order valence-electron chi connectivity index (χ1n) is 25.6. The molecule has 0 bridgehead atoms. The van der Waals surface area contributed by atoms with Crippen LogP contribution in [0.1, 0.15) is 138 Å². The number of aryl methyl sites for hydroxylation is 4. The molecule has 3 aromatic carbocycles. The lowest BCUT2D eigenvalue weighted by atomic mass is 9.99. The number of aromatic nitrogens is 3. The van der Waals surface area contributed by atoms with Crippen LogP contribution in [-0.4, -0.2) is 106 Å². The van der Waals surface area contributed by atoms with E-state index in [2.05, 4.69) is 42.5 Å². The van der Waals surface area contributed by atoms with Crippen molar-refractivity contribution in [1.29, 1.82) is 4.78 Å². The smallest absolute Gasteiger partial charge is 0.410 e. The first kappa shape index (κ1) is 56.8. The fourth-order valence-electron chi connectivity index (χ4n) is 9.66. The maximum absolute atomic E-state index is 12.7. The van der Waals surface area contributed by atoms with E-state index in [0.717, 1.165) is 99.5 Å². The highest BCUT2D eigenvalue weighted by atomic mass is 35.5. The Morgan fingerprint density at radius 1 is 0.712 bits per heavy atom. The maximum Gasteiger partial charge on any atom is 0.410 e. The van der Waals surface area contributed by atoms with E-state index in [9.17, 15) is 27.6 Å². The summed E-state index contributed by atoms with van der Waals surface area (Å²) in [4.78, 5) is 52.7. The van der Waals surface area contributed by atoms with Crippen molar-refractivity contribution in [3.63, 3.8) is 0 Å². The van der Waals surface area contributed by atoms with Crippen molar-refractivity contribution in [3.05, 3.63) is 80.9 Å². The Bertz CT molecular complexity index is 2710. The molecule has 0 fully saturated rings. The fraction of sp³-hybridized carbons (Fsp3) is 0.577. The second-order valence-corrected chi connectivity index (χ2v) is 24.4. The SMILES string of the molecule is CCN(CCCS(=N)(=O)NC(=O)Nc1c2c(cc3c1CCC3)CCC2)C(=O)OC(C)(C)C.CCN(CCCS(=O)NC(=O)Nc1c2c(cc3c1CCC3)CCC2)C(=O)OC(C)(C)C.Cln1nnc2ccccc21. The Hall–Kier alpha value is -5.47. The average Bonchev–Trinajstić information content (AvgIpc) is 4.18. The topological polar surface area (TPSA) is 230 Å². The average molecular weight is 1070 g/mol. The van der Waals surface area contributed by atoms with E-state index in [-0.39, 0.29) is 17.6 Å². The third-order valence-corrected chi connectivity index (χ3v) is 15.6. The molecule has 1 aromatic heterocycles. The van der Waals surface area contributed by atoms with Crippen molar-refractivity contribution in [2.75, 3.05) is 48.3 Å². The summed E-state index contributed by atoms with van der Waals surface area (Å²) < 4.78 is 50.1. The molecular weight excluding hydrogens is 992 g/mol. The number of nitrogens with one attached hydrogen (secondary N) is 5. The number of nitrogens with zero attached hydrogens (tertiary/aromatic N) is 5. The lowest BCUT2D eigenvalue weighted by molar-refractivity contribution is 0.0250. The molecule has 21 heteroatoms. The largest absolute Gasteiger partial charge is 0.444 e.